The van der Waals surface area contributed by atoms with Crippen LogP contribution in [0.4, 0.5) is 8.78 Å². The number of halogens is 2. The van der Waals surface area contributed by atoms with Crippen molar-refractivity contribution in [1.82, 2.24) is 0 Å². The summed E-state index contributed by atoms with van der Waals surface area (Å²) in [5, 5.41) is 15.7. The largest absolute Gasteiger partial charge is 0.484 e. The van der Waals surface area contributed by atoms with Crippen molar-refractivity contribution in [3.63, 3.8) is 0 Å². The van der Waals surface area contributed by atoms with Crippen LogP contribution >= 0.6 is 24.7 Å². The van der Waals surface area contributed by atoms with E-state index < -0.39 is 23.3 Å². The van der Waals surface area contributed by atoms with Gasteiger partial charge in [-0.25, -0.2) is 4.79 Å². The molecule has 19 unspecified atom stereocenters. The molecule has 10 nitrogen and oxygen atoms in total. The van der Waals surface area contributed by atoms with Gasteiger partial charge in [-0.2, -0.15) is 20.5 Å². The van der Waals surface area contributed by atoms with Gasteiger partial charge < -0.3 is 19.3 Å². The molecule has 18 aliphatic rings. The van der Waals surface area contributed by atoms with Crippen molar-refractivity contribution >= 4 is 42.6 Å². The van der Waals surface area contributed by atoms with Crippen LogP contribution in [-0.2, 0) is 42.9 Å². The topological polar surface area (TPSA) is 127 Å². The number of alkyl halides is 2. The van der Waals surface area contributed by atoms with Crippen LogP contribution in [0.3, 0.4) is 0 Å². The van der Waals surface area contributed by atoms with Gasteiger partial charge in [-0.05, 0) is 294 Å². The number of carbonyl (C=O) groups is 3. The number of hydrogen-bond donors (Lipinski definition) is 2. The van der Waals surface area contributed by atoms with Crippen molar-refractivity contribution in [3.8, 4) is 0 Å². The van der Waals surface area contributed by atoms with Gasteiger partial charge in [-0.3, -0.25) is 9.59 Å². The molecule has 80 heavy (non-hydrogen) atoms. The fourth-order valence-corrected chi connectivity index (χ4v) is 29.4. The average molecular weight is 1150 g/mol. The van der Waals surface area contributed by atoms with Crippen LogP contribution in [0.5, 0.6) is 0 Å². The molecule has 18 saturated carbocycles. The molecule has 0 aliphatic heterocycles. The molecule has 0 aromatic rings. The first-order valence-electron chi connectivity index (χ1n) is 32.8. The van der Waals surface area contributed by atoms with E-state index in [1.807, 2.05) is 0 Å². The molecule has 18 bridgehead atoms. The normalized spacial score (nSPS) is 54.1. The molecule has 19 atom stereocenters. The molecule has 18 rings (SSSR count). The van der Waals surface area contributed by atoms with E-state index in [1.54, 1.807) is 0 Å². The number of carbonyl (C=O) groups excluding carboxylic acids is 3. The second-order valence-electron chi connectivity index (χ2n) is 34.7. The van der Waals surface area contributed by atoms with Crippen molar-refractivity contribution in [2.45, 2.75) is 224 Å². The van der Waals surface area contributed by atoms with Crippen LogP contribution in [0.15, 0.2) is 0 Å². The molecule has 0 saturated heterocycles. The molecule has 0 aromatic carbocycles. The van der Waals surface area contributed by atoms with Gasteiger partial charge in [0.15, 0.2) is 0 Å². The minimum atomic E-state index is -4.31. The Morgan fingerprint density at radius 1 is 0.588 bits per heavy atom. The maximum atomic E-state index is 15.4. The lowest BCUT2D eigenvalue weighted by Gasteiger charge is -2.62. The van der Waals surface area contributed by atoms with Gasteiger partial charge in [-0.15, -0.1) is 9.22 Å². The first-order valence-corrected chi connectivity index (χ1v) is 34.1. The third-order valence-corrected chi connectivity index (χ3v) is 29.7. The summed E-state index contributed by atoms with van der Waals surface area (Å²) < 4.78 is 52.4. The fraction of sp³-hybridized carbons (Fsp3) is 0.955. The van der Waals surface area contributed by atoms with Crippen molar-refractivity contribution in [1.29, 1.82) is 0 Å². The Kier molecular flexibility index (Phi) is 12.9. The third kappa shape index (κ3) is 8.81. The minimum absolute atomic E-state index is 0.0432. The Morgan fingerprint density at radius 3 is 1.75 bits per heavy atom. The lowest BCUT2D eigenvalue weighted by atomic mass is 9.49. The van der Waals surface area contributed by atoms with Gasteiger partial charge in [0.05, 0.1) is 24.0 Å². The van der Waals surface area contributed by atoms with E-state index >= 15 is 9.59 Å². The zero-order chi connectivity index (χ0) is 55.6. The molecule has 0 aromatic heterocycles. The Bertz CT molecular complexity index is 2430. The highest BCUT2D eigenvalue weighted by Gasteiger charge is 2.72. The fourth-order valence-electron chi connectivity index (χ4n) is 27.3. The Balaban J connectivity index is 0.717. The van der Waals surface area contributed by atoms with E-state index in [0.29, 0.717) is 113 Å². The van der Waals surface area contributed by atoms with E-state index in [1.165, 1.54) is 44.9 Å². The summed E-state index contributed by atoms with van der Waals surface area (Å²) in [6, 6.07) is 0. The van der Waals surface area contributed by atoms with Crippen molar-refractivity contribution in [3.05, 3.63) is 0 Å². The number of fused-ring (bicyclic) bond motifs is 6. The lowest BCUT2D eigenvalue weighted by Crippen LogP contribution is -2.61. The maximum Gasteiger partial charge on any atom is 0.484 e. The molecular formula is C66H96F2O10S2. The van der Waals surface area contributed by atoms with Gasteiger partial charge in [0, 0.05) is 29.5 Å². The predicted molar refractivity (Wildman–Crippen MR) is 299 cm³/mol. The molecule has 0 radical (unpaired) electrons. The number of rotatable bonds is 15. The van der Waals surface area contributed by atoms with Crippen LogP contribution < -0.4 is 0 Å². The van der Waals surface area contributed by atoms with Crippen molar-refractivity contribution in [2.24, 2.45) is 152 Å². The average Bonchev–Trinajstić information content (AvgIpc) is 4.26. The summed E-state index contributed by atoms with van der Waals surface area (Å²) in [7, 11) is 0. The van der Waals surface area contributed by atoms with Crippen LogP contribution in [0, 0.1) is 152 Å². The third-order valence-electron chi connectivity index (χ3n) is 27.9. The summed E-state index contributed by atoms with van der Waals surface area (Å²) in [6.07, 6.45) is 20.0. The van der Waals surface area contributed by atoms with Crippen LogP contribution in [0.2, 0.25) is 0 Å². The maximum absolute atomic E-state index is 15.4. The van der Waals surface area contributed by atoms with E-state index in [4.69, 9.17) is 14.2 Å². The standard InChI is InChI=1S/C66H96F2O10S2/c1-59(2,3)54-41-19-47(49(20-41)56(69)74-61(7)43-11-33-8-34(13-43)14-44(61)12-33)53(54)50-40-17-46(48(18-40)57(70)75-64-25-37-10-38(26-64)24-63(72,23-37)31-64)52(50)51-39-15-42(45(16-39)55(51)60(4,5)6)29-80-65-27-35-9-36(28-65)22-62(21-35,30-65)32-73-58(71)66(67,68)76-77-78-79/h33-55,72,79H,8-32H2,1-7H3. The first kappa shape index (κ1) is 55.4. The van der Waals surface area contributed by atoms with Crippen molar-refractivity contribution in [2.75, 3.05) is 12.4 Å². The zero-order valence-corrected chi connectivity index (χ0v) is 50.9. The van der Waals surface area contributed by atoms with Gasteiger partial charge >= 0.3 is 24.0 Å². The molecule has 0 spiro atoms. The molecule has 18 fully saturated rings. The predicted octanol–water partition coefficient (Wildman–Crippen LogP) is 14.1. The summed E-state index contributed by atoms with van der Waals surface area (Å²) in [6.45, 7) is 17.3. The van der Waals surface area contributed by atoms with Crippen LogP contribution in [0.25, 0.3) is 0 Å². The molecule has 1 N–H and O–H groups in total. The molecule has 14 heteroatoms. The molecule has 0 heterocycles. The van der Waals surface area contributed by atoms with Gasteiger partial charge in [0.25, 0.3) is 0 Å². The van der Waals surface area contributed by atoms with E-state index in [9.17, 15) is 18.7 Å². The number of esters is 3. The molecular weight excluding hydrogens is 1050 g/mol. The van der Waals surface area contributed by atoms with E-state index in [0.717, 1.165) is 114 Å². The summed E-state index contributed by atoms with van der Waals surface area (Å²) in [5.41, 5.74) is -1.74. The monoisotopic (exact) mass is 1150 g/mol. The van der Waals surface area contributed by atoms with E-state index in [2.05, 4.69) is 87.4 Å². The quantitative estimate of drug-likeness (QED) is 0.0406. The number of ether oxygens (including phenoxy) is 3. The highest BCUT2D eigenvalue weighted by atomic mass is 32.2. The lowest BCUT2D eigenvalue weighted by molar-refractivity contribution is -0.531. The summed E-state index contributed by atoms with van der Waals surface area (Å²) in [4.78, 5) is 47.2. The minimum Gasteiger partial charge on any atom is -0.459 e. The molecule has 18 aliphatic carbocycles. The Morgan fingerprint density at radius 2 is 1.14 bits per heavy atom. The second-order valence-corrected chi connectivity index (χ2v) is 36.4. The molecule has 446 valence electrons. The van der Waals surface area contributed by atoms with Gasteiger partial charge in [0.2, 0.25) is 0 Å². The molecule has 0 amide bonds. The van der Waals surface area contributed by atoms with Gasteiger partial charge in [-0.1, -0.05) is 41.5 Å². The Labute approximate surface area is 485 Å². The van der Waals surface area contributed by atoms with Gasteiger partial charge in [0.1, 0.15) is 11.2 Å². The van der Waals surface area contributed by atoms with E-state index in [-0.39, 0.29) is 62.9 Å². The van der Waals surface area contributed by atoms with Crippen LogP contribution in [-0.4, -0.2) is 63.0 Å². The highest BCUT2D eigenvalue weighted by molar-refractivity contribution is 8.00. The SMILES string of the molecule is CC(C)(C)C1C2CC(C(=O)OC3(C)C4CC5CC(C4)CC3C5)C(C2)C1C1C2CC(C(=O)OC34CC5CC(CC(O)(C5)C3)C4)C(C2)C1C1C2CC(CSC34CC5CC(CC(COC(=O)C(F)(F)OOOS)(C5)C3)C4)C(C2)C1C(C)(C)C. The smallest absolute Gasteiger partial charge is 0.459 e. The Hall–Kier alpha value is -1.19. The second kappa shape index (κ2) is 18.7. The summed E-state index contributed by atoms with van der Waals surface area (Å²) in [5.74, 6) is 9.92. The van der Waals surface area contributed by atoms with Crippen molar-refractivity contribution < 1.29 is 56.7 Å². The highest BCUT2D eigenvalue weighted by Crippen LogP contribution is 2.76. The number of hydrogen-bond acceptors (Lipinski definition) is 12. The number of thiol groups is 1. The number of aliphatic hydroxyl groups is 1. The first-order chi connectivity index (χ1) is 37.7. The zero-order valence-electron chi connectivity index (χ0n) is 49.2. The summed E-state index contributed by atoms with van der Waals surface area (Å²) >= 11 is 5.45. The van der Waals surface area contributed by atoms with Crippen LogP contribution in [0.1, 0.15) is 196 Å². The number of thioether (sulfide) groups is 1.